The molecule has 0 bridgehead atoms. The number of amides is 5. The van der Waals surface area contributed by atoms with Gasteiger partial charge in [-0.15, -0.1) is 0 Å². The Labute approximate surface area is 266 Å². The Hall–Kier alpha value is -3.85. The van der Waals surface area contributed by atoms with Crippen molar-refractivity contribution >= 4 is 52.8 Å². The van der Waals surface area contributed by atoms with Crippen LogP contribution in [0, 0.1) is 11.3 Å². The Morgan fingerprint density at radius 1 is 1.00 bits per heavy atom. The number of nitriles is 1. The van der Waals surface area contributed by atoms with Crippen LogP contribution in [0.1, 0.15) is 37.8 Å². The Balaban J connectivity index is 1.38. The predicted octanol–water partition coefficient (Wildman–Crippen LogP) is 4.18. The number of carbonyl (C=O) groups is 4. The van der Waals surface area contributed by atoms with Gasteiger partial charge in [-0.2, -0.15) is 5.26 Å². The summed E-state index contributed by atoms with van der Waals surface area (Å²) in [4.78, 5) is 61.7. The molecule has 0 aromatic heterocycles. The van der Waals surface area contributed by atoms with Gasteiger partial charge in [0, 0.05) is 62.3 Å². The standard InChI is InChI=1S/C31H34Cl2N6O5/c1-30(2,3)44-29(43)38-11-9-37(10-12-38)26(40)18-36-17-25(21-7-5-20(16-34)6-8-21)31(19-36)27(41)39(28(42)35(31)4)24-14-22(32)13-23(33)15-24/h5-8,13-15,25H,9-12,17-19H2,1-4H3. The highest BCUT2D eigenvalue weighted by Gasteiger charge is 2.64. The molecule has 0 aliphatic carbocycles. The third-order valence-corrected chi connectivity index (χ3v) is 8.76. The van der Waals surface area contributed by atoms with E-state index in [-0.39, 0.29) is 34.7 Å². The lowest BCUT2D eigenvalue weighted by atomic mass is 9.80. The van der Waals surface area contributed by atoms with Crippen LogP contribution in [0.15, 0.2) is 42.5 Å². The van der Waals surface area contributed by atoms with E-state index in [4.69, 9.17) is 27.9 Å². The molecule has 232 valence electrons. The van der Waals surface area contributed by atoms with Gasteiger partial charge in [0.15, 0.2) is 0 Å². The minimum Gasteiger partial charge on any atom is -0.444 e. The molecule has 11 nitrogen and oxygen atoms in total. The number of hydrogen-bond acceptors (Lipinski definition) is 7. The molecule has 3 fully saturated rings. The monoisotopic (exact) mass is 640 g/mol. The van der Waals surface area contributed by atoms with Crippen molar-refractivity contribution in [1.82, 2.24) is 19.6 Å². The van der Waals surface area contributed by atoms with Crippen molar-refractivity contribution in [2.75, 3.05) is 57.8 Å². The van der Waals surface area contributed by atoms with Crippen LogP contribution < -0.4 is 4.90 Å². The SMILES string of the molecule is CN1C(=O)N(c2cc(Cl)cc(Cl)c2)C(=O)C12CN(CC(=O)N1CCN(C(=O)OC(C)(C)C)CC1)CC2c1ccc(C#N)cc1. The number of imide groups is 1. The first-order valence-electron chi connectivity index (χ1n) is 14.3. The summed E-state index contributed by atoms with van der Waals surface area (Å²) < 4.78 is 5.46. The first-order valence-corrected chi connectivity index (χ1v) is 15.1. The number of piperazine rings is 1. The lowest BCUT2D eigenvalue weighted by Gasteiger charge is -2.36. The van der Waals surface area contributed by atoms with E-state index in [1.807, 2.05) is 25.7 Å². The van der Waals surface area contributed by atoms with Crippen LogP contribution in [-0.4, -0.2) is 108 Å². The number of hydrogen-bond donors (Lipinski definition) is 0. The van der Waals surface area contributed by atoms with Crippen LogP contribution in [0.4, 0.5) is 15.3 Å². The zero-order valence-corrected chi connectivity index (χ0v) is 26.6. The van der Waals surface area contributed by atoms with Crippen LogP contribution in [-0.2, 0) is 14.3 Å². The van der Waals surface area contributed by atoms with Crippen LogP contribution in [0.2, 0.25) is 10.0 Å². The fourth-order valence-corrected chi connectivity index (χ4v) is 6.68. The second-order valence-electron chi connectivity index (χ2n) is 12.3. The van der Waals surface area contributed by atoms with E-state index in [9.17, 15) is 24.4 Å². The molecule has 5 amide bonds. The van der Waals surface area contributed by atoms with Gasteiger partial charge in [0.05, 0.1) is 23.9 Å². The van der Waals surface area contributed by atoms with Gasteiger partial charge in [0.25, 0.3) is 5.91 Å². The minimum absolute atomic E-state index is 0.0271. The molecule has 3 heterocycles. The topological polar surface area (TPSA) is 118 Å². The van der Waals surface area contributed by atoms with Gasteiger partial charge in [0.1, 0.15) is 11.1 Å². The number of anilines is 1. The predicted molar refractivity (Wildman–Crippen MR) is 165 cm³/mol. The van der Waals surface area contributed by atoms with Crippen molar-refractivity contribution in [3.63, 3.8) is 0 Å². The van der Waals surface area contributed by atoms with Crippen molar-refractivity contribution in [2.45, 2.75) is 37.8 Å². The van der Waals surface area contributed by atoms with Crippen LogP contribution in [0.25, 0.3) is 0 Å². The fraction of sp³-hybridized carbons (Fsp3) is 0.452. The van der Waals surface area contributed by atoms with Crippen molar-refractivity contribution < 1.29 is 23.9 Å². The summed E-state index contributed by atoms with van der Waals surface area (Å²) in [6.45, 7) is 7.31. The van der Waals surface area contributed by atoms with Gasteiger partial charge in [-0.05, 0) is 56.7 Å². The number of ether oxygens (including phenoxy) is 1. The summed E-state index contributed by atoms with van der Waals surface area (Å²) in [5.41, 5.74) is -0.436. The van der Waals surface area contributed by atoms with Gasteiger partial charge in [-0.3, -0.25) is 14.5 Å². The van der Waals surface area contributed by atoms with Gasteiger partial charge < -0.3 is 19.4 Å². The van der Waals surface area contributed by atoms with Gasteiger partial charge in [0.2, 0.25) is 5.91 Å². The Morgan fingerprint density at radius 3 is 2.16 bits per heavy atom. The van der Waals surface area contributed by atoms with E-state index in [0.717, 1.165) is 10.5 Å². The molecular weight excluding hydrogens is 607 g/mol. The molecule has 0 N–H and O–H groups in total. The molecule has 13 heteroatoms. The highest BCUT2D eigenvalue weighted by atomic mass is 35.5. The summed E-state index contributed by atoms with van der Waals surface area (Å²) in [6.07, 6.45) is -0.408. The van der Waals surface area contributed by atoms with Gasteiger partial charge in [-0.25, -0.2) is 14.5 Å². The lowest BCUT2D eigenvalue weighted by molar-refractivity contribution is -0.134. The number of carbonyl (C=O) groups excluding carboxylic acids is 4. The second kappa shape index (κ2) is 11.9. The third-order valence-electron chi connectivity index (χ3n) is 8.32. The van der Waals surface area contributed by atoms with Crippen molar-refractivity contribution in [2.24, 2.45) is 0 Å². The molecule has 2 unspecified atom stereocenters. The summed E-state index contributed by atoms with van der Waals surface area (Å²) in [5, 5.41) is 9.89. The van der Waals surface area contributed by atoms with Crippen molar-refractivity contribution in [1.29, 1.82) is 5.26 Å². The number of halogens is 2. The smallest absolute Gasteiger partial charge is 0.410 e. The molecule has 0 saturated carbocycles. The maximum atomic E-state index is 14.4. The quantitative estimate of drug-likeness (QED) is 0.460. The van der Waals surface area contributed by atoms with Gasteiger partial charge in [-0.1, -0.05) is 35.3 Å². The largest absolute Gasteiger partial charge is 0.444 e. The zero-order valence-electron chi connectivity index (χ0n) is 25.0. The number of urea groups is 1. The summed E-state index contributed by atoms with van der Waals surface area (Å²) >= 11 is 12.4. The Kier molecular flexibility index (Phi) is 8.55. The summed E-state index contributed by atoms with van der Waals surface area (Å²) in [6, 6.07) is 13.1. The average molecular weight is 642 g/mol. The first-order chi connectivity index (χ1) is 20.7. The zero-order chi connectivity index (χ0) is 32.0. The van der Waals surface area contributed by atoms with Crippen LogP contribution in [0.5, 0.6) is 0 Å². The van der Waals surface area contributed by atoms with E-state index in [2.05, 4.69) is 6.07 Å². The van der Waals surface area contributed by atoms with Crippen LogP contribution in [0.3, 0.4) is 0 Å². The molecule has 5 rings (SSSR count). The first kappa shape index (κ1) is 31.6. The third kappa shape index (κ3) is 5.94. The van der Waals surface area contributed by atoms with E-state index in [1.165, 1.54) is 23.1 Å². The Morgan fingerprint density at radius 2 is 1.59 bits per heavy atom. The van der Waals surface area contributed by atoms with Crippen molar-refractivity contribution in [3.05, 3.63) is 63.6 Å². The molecule has 0 radical (unpaired) electrons. The number of likely N-dealkylation sites (N-methyl/N-ethyl adjacent to an activating group) is 1. The average Bonchev–Trinajstić information content (AvgIpc) is 3.43. The lowest BCUT2D eigenvalue weighted by Crippen LogP contribution is -2.55. The molecule has 3 aliphatic rings. The van der Waals surface area contributed by atoms with E-state index in [0.29, 0.717) is 38.3 Å². The number of likely N-dealkylation sites (tertiary alicyclic amines) is 1. The minimum atomic E-state index is -1.32. The van der Waals surface area contributed by atoms with Crippen molar-refractivity contribution in [3.8, 4) is 6.07 Å². The van der Waals surface area contributed by atoms with Gasteiger partial charge >= 0.3 is 12.1 Å². The molecular formula is C31H34Cl2N6O5. The molecule has 3 aliphatic heterocycles. The number of benzene rings is 2. The molecule has 3 saturated heterocycles. The molecule has 2 aromatic carbocycles. The van der Waals surface area contributed by atoms with E-state index >= 15 is 0 Å². The Bertz CT molecular complexity index is 1510. The highest BCUT2D eigenvalue weighted by molar-refractivity contribution is 6.35. The summed E-state index contributed by atoms with van der Waals surface area (Å²) in [5.74, 6) is -1.07. The highest BCUT2D eigenvalue weighted by Crippen LogP contribution is 2.46. The normalized spacial score (nSPS) is 22.6. The maximum absolute atomic E-state index is 14.4. The molecule has 1 spiro atoms. The maximum Gasteiger partial charge on any atom is 0.410 e. The van der Waals surface area contributed by atoms with E-state index < -0.39 is 35.1 Å². The summed E-state index contributed by atoms with van der Waals surface area (Å²) in [7, 11) is 1.59. The number of nitrogens with zero attached hydrogens (tertiary/aromatic N) is 6. The van der Waals surface area contributed by atoms with E-state index in [1.54, 1.807) is 41.1 Å². The number of rotatable bonds is 4. The molecule has 44 heavy (non-hydrogen) atoms. The molecule has 2 atom stereocenters. The van der Waals surface area contributed by atoms with Crippen LogP contribution >= 0.6 is 23.2 Å². The second-order valence-corrected chi connectivity index (χ2v) is 13.2. The molecule has 2 aromatic rings. The fourth-order valence-electron chi connectivity index (χ4n) is 6.17.